The number of halogens is 1. The first-order valence-corrected chi connectivity index (χ1v) is 18.8. The lowest BCUT2D eigenvalue weighted by molar-refractivity contribution is -0.576. The molecule has 0 spiro atoms. The molecular weight excluding hydrogens is 680 g/mol. The topological polar surface area (TPSA) is 116 Å². The molecule has 50 heavy (non-hydrogen) atoms. The molecule has 3 aromatic rings. The molecule has 4 aliphatic rings. The second-order valence-electron chi connectivity index (χ2n) is 15.2. The van der Waals surface area contributed by atoms with Gasteiger partial charge in [0.05, 0.1) is 18.7 Å². The van der Waals surface area contributed by atoms with Crippen LogP contribution in [0.2, 0.25) is 5.02 Å². The number of aryl methyl sites for hydroxylation is 1. The third-order valence-corrected chi connectivity index (χ3v) is 11.5. The van der Waals surface area contributed by atoms with Gasteiger partial charge in [-0.25, -0.2) is 4.79 Å². The Morgan fingerprint density at radius 1 is 1.12 bits per heavy atom. The average Bonchev–Trinajstić information content (AvgIpc) is 3.75. The van der Waals surface area contributed by atoms with Gasteiger partial charge in [-0.2, -0.15) is 4.73 Å². The van der Waals surface area contributed by atoms with E-state index in [1.165, 1.54) is 22.4 Å². The molecular formula is C37H45ClN4O7S. The molecule has 6 heterocycles. The first-order valence-electron chi connectivity index (χ1n) is 17.6. The molecule has 0 aliphatic carbocycles. The fraction of sp³-hybridized carbons (Fsp3) is 0.568. The smallest absolute Gasteiger partial charge is 0.410 e. The third-order valence-electron chi connectivity index (χ3n) is 10.2. The summed E-state index contributed by atoms with van der Waals surface area (Å²) < 4.78 is 19.7. The van der Waals surface area contributed by atoms with E-state index in [0.717, 1.165) is 75.3 Å². The van der Waals surface area contributed by atoms with E-state index in [-0.39, 0.29) is 49.6 Å². The van der Waals surface area contributed by atoms with Crippen molar-refractivity contribution in [3.63, 3.8) is 0 Å². The van der Waals surface area contributed by atoms with Crippen LogP contribution in [0.15, 0.2) is 30.5 Å². The van der Waals surface area contributed by atoms with Gasteiger partial charge in [-0.3, -0.25) is 19.4 Å². The van der Waals surface area contributed by atoms with Crippen LogP contribution in [0, 0.1) is 5.21 Å². The highest BCUT2D eigenvalue weighted by molar-refractivity contribution is 7.19. The molecule has 0 N–H and O–H groups in total. The summed E-state index contributed by atoms with van der Waals surface area (Å²) in [6.07, 6.45) is 6.61. The molecule has 11 nitrogen and oxygen atoms in total. The number of amides is 3. The Morgan fingerprint density at radius 3 is 2.62 bits per heavy atom. The summed E-state index contributed by atoms with van der Waals surface area (Å²) in [5.41, 5.74) is 3.10. The molecule has 4 aliphatic heterocycles. The Labute approximate surface area is 301 Å². The number of likely N-dealkylation sites (tertiary alicyclic amines) is 2. The van der Waals surface area contributed by atoms with Crippen molar-refractivity contribution in [2.24, 2.45) is 0 Å². The van der Waals surface area contributed by atoms with Gasteiger partial charge in [-0.05, 0) is 83.9 Å². The maximum absolute atomic E-state index is 13.8. The molecule has 1 unspecified atom stereocenters. The van der Waals surface area contributed by atoms with Crippen molar-refractivity contribution in [3.8, 4) is 11.1 Å². The fourth-order valence-electron chi connectivity index (χ4n) is 7.82. The van der Waals surface area contributed by atoms with Gasteiger partial charge in [0, 0.05) is 77.4 Å². The second kappa shape index (κ2) is 13.6. The predicted octanol–water partition coefficient (Wildman–Crippen LogP) is 6.57. The Hall–Kier alpha value is -3.45. The molecule has 0 saturated carbocycles. The zero-order chi connectivity index (χ0) is 35.4. The van der Waals surface area contributed by atoms with Crippen LogP contribution in [0.1, 0.15) is 83.1 Å². The van der Waals surface area contributed by atoms with Gasteiger partial charge in [0.15, 0.2) is 12.5 Å². The molecule has 3 saturated heterocycles. The number of hydrogen-bond donors (Lipinski definition) is 0. The number of thiophene rings is 1. The summed E-state index contributed by atoms with van der Waals surface area (Å²) in [6.45, 7) is 10.1. The van der Waals surface area contributed by atoms with Crippen LogP contribution >= 0.6 is 22.9 Å². The largest absolute Gasteiger partial charge is 0.618 e. The molecule has 7 rings (SSSR count). The highest BCUT2D eigenvalue weighted by atomic mass is 35.5. The quantitative estimate of drug-likeness (QED) is 0.153. The van der Waals surface area contributed by atoms with Crippen molar-refractivity contribution < 1.29 is 33.3 Å². The predicted molar refractivity (Wildman–Crippen MR) is 191 cm³/mol. The van der Waals surface area contributed by atoms with Crippen molar-refractivity contribution >= 4 is 56.7 Å². The van der Waals surface area contributed by atoms with Crippen molar-refractivity contribution in [2.45, 2.75) is 109 Å². The van der Waals surface area contributed by atoms with E-state index < -0.39 is 11.1 Å². The van der Waals surface area contributed by atoms with Crippen LogP contribution in [-0.4, -0.2) is 77.5 Å². The highest BCUT2D eigenvalue weighted by Crippen LogP contribution is 2.46. The molecule has 0 bridgehead atoms. The lowest BCUT2D eigenvalue weighted by Gasteiger charge is -2.38. The van der Waals surface area contributed by atoms with Gasteiger partial charge >= 0.3 is 6.09 Å². The molecule has 268 valence electrons. The minimum atomic E-state index is -0.656. The minimum Gasteiger partial charge on any atom is -0.618 e. The molecule has 2 aromatic heterocycles. The van der Waals surface area contributed by atoms with Gasteiger partial charge in [0.25, 0.3) is 0 Å². The minimum absolute atomic E-state index is 0.0443. The first kappa shape index (κ1) is 35.0. The number of hydrogen-bond acceptors (Lipinski definition) is 9. The number of rotatable bonds is 7. The molecule has 1 aromatic carbocycles. The molecule has 3 fully saturated rings. The van der Waals surface area contributed by atoms with Crippen LogP contribution in [0.3, 0.4) is 0 Å². The van der Waals surface area contributed by atoms with Crippen LogP contribution < -0.4 is 9.63 Å². The van der Waals surface area contributed by atoms with Gasteiger partial charge in [0.1, 0.15) is 10.3 Å². The summed E-state index contributed by atoms with van der Waals surface area (Å²) in [5, 5.41) is 13.7. The summed E-state index contributed by atoms with van der Waals surface area (Å²) in [4.78, 5) is 44.9. The molecule has 3 amide bonds. The number of carbonyl (C=O) groups excluding carboxylic acids is 3. The summed E-state index contributed by atoms with van der Waals surface area (Å²) in [7, 11) is 0. The van der Waals surface area contributed by atoms with E-state index in [9.17, 15) is 19.6 Å². The first-order chi connectivity index (χ1) is 23.8. The van der Waals surface area contributed by atoms with Crippen LogP contribution in [0.25, 0.3) is 21.3 Å². The van der Waals surface area contributed by atoms with Crippen molar-refractivity contribution in [2.75, 3.05) is 31.2 Å². The van der Waals surface area contributed by atoms with Crippen molar-refractivity contribution in [1.82, 2.24) is 9.80 Å². The Balaban J connectivity index is 1.25. The van der Waals surface area contributed by atoms with E-state index in [0.29, 0.717) is 36.7 Å². The zero-order valence-electron chi connectivity index (χ0n) is 29.2. The van der Waals surface area contributed by atoms with Gasteiger partial charge in [-0.1, -0.05) is 11.6 Å². The summed E-state index contributed by atoms with van der Waals surface area (Å²) in [6, 6.07) is 7.54. The molecule has 3 atom stereocenters. The molecule has 0 radical (unpaired) electrons. The second-order valence-corrected chi connectivity index (χ2v) is 16.7. The van der Waals surface area contributed by atoms with Crippen molar-refractivity contribution in [1.29, 1.82) is 0 Å². The van der Waals surface area contributed by atoms with Gasteiger partial charge < -0.3 is 24.3 Å². The fourth-order valence-corrected chi connectivity index (χ4v) is 9.23. The Bertz CT molecular complexity index is 1800. The normalized spacial score (nSPS) is 24.4. The number of fused-ring (bicyclic) bond motifs is 2. The number of nitrogens with zero attached hydrogens (tertiary/aromatic N) is 4. The number of benzene rings is 1. The number of pyridine rings is 1. The summed E-state index contributed by atoms with van der Waals surface area (Å²) >= 11 is 8.21. The van der Waals surface area contributed by atoms with E-state index in [4.69, 9.17) is 25.8 Å². The van der Waals surface area contributed by atoms with E-state index in [2.05, 4.69) is 11.8 Å². The van der Waals surface area contributed by atoms with Crippen LogP contribution in [0.4, 0.5) is 10.5 Å². The van der Waals surface area contributed by atoms with Crippen molar-refractivity contribution in [3.05, 3.63) is 51.1 Å². The Morgan fingerprint density at radius 2 is 1.90 bits per heavy atom. The number of aromatic nitrogens is 1. The van der Waals surface area contributed by atoms with Crippen LogP contribution in [0.5, 0.6) is 0 Å². The summed E-state index contributed by atoms with van der Waals surface area (Å²) in [5.74, 6) is -0.384. The third kappa shape index (κ3) is 6.91. The zero-order valence-corrected chi connectivity index (χ0v) is 30.7. The molecule has 13 heteroatoms. The van der Waals surface area contributed by atoms with E-state index >= 15 is 0 Å². The number of ether oxygens (including phenoxy) is 3. The van der Waals surface area contributed by atoms with Gasteiger partial charge in [0.2, 0.25) is 17.3 Å². The average molecular weight is 725 g/mol. The number of imide groups is 1. The Kier molecular flexibility index (Phi) is 9.51. The van der Waals surface area contributed by atoms with E-state index in [1.807, 2.05) is 43.9 Å². The maximum Gasteiger partial charge on any atom is 0.410 e. The maximum atomic E-state index is 13.8. The monoisotopic (exact) mass is 724 g/mol. The number of carbonyl (C=O) groups is 3. The highest BCUT2D eigenvalue weighted by Gasteiger charge is 2.49. The lowest BCUT2D eigenvalue weighted by Crippen LogP contribution is -2.50. The number of anilines is 1. The lowest BCUT2D eigenvalue weighted by atomic mass is 9.91. The SMILES string of the molecule is CC(C)(C)OC(=O)N1C[C@@H](N2CCCc3cc(Cl)cc(-c4cc[n+]([O-])c5cc(CN6C(=O)CCC6=O)sc45)c32)C[C@]1(C)COC1CCCCO1. The van der Waals surface area contributed by atoms with E-state index in [1.54, 1.807) is 6.07 Å². The van der Waals surface area contributed by atoms with Gasteiger partial charge in [-0.15, -0.1) is 11.3 Å². The standard InChI is InChI=1S/C37H45ClN4O7S/c1-36(2,3)49-35(45)41-20-25(19-37(41,4)22-48-32-9-5-6-15-47-32)39-13-7-8-23-16-24(38)17-28(33(23)39)27-12-14-42(46)29-18-26(50-34(27)29)21-40-30(43)10-11-31(40)44/h12,14,16-18,25,32H,5-11,13,15,19-22H2,1-4H3/t25-,32?,37+/m0/s1. The van der Waals surface area contributed by atoms with Crippen LogP contribution in [-0.2, 0) is 36.8 Å².